The first kappa shape index (κ1) is 12.3. The third-order valence-corrected chi connectivity index (χ3v) is 1.65. The van der Waals surface area contributed by atoms with Gasteiger partial charge in [0, 0.05) is 18.0 Å². The van der Waals surface area contributed by atoms with Crippen LogP contribution >= 0.6 is 0 Å². The lowest BCUT2D eigenvalue weighted by atomic mass is 10.2. The molecule has 3 nitrogen and oxygen atoms in total. The Morgan fingerprint density at radius 1 is 1.25 bits per heavy atom. The molecular formula is C13H17NO2. The number of carbonyl (C=O) groups is 1. The van der Waals surface area contributed by atoms with Crippen molar-refractivity contribution in [3.63, 3.8) is 0 Å². The number of hydrogen-bond acceptors (Lipinski definition) is 3. The standard InChI is InChI=1S/C13H17NO2/c1-13(2,3)16-12(15)9-10-14-11-7-5-4-6-8-11/h4-10,14H,1-3H3. The van der Waals surface area contributed by atoms with E-state index in [1.54, 1.807) is 6.20 Å². The van der Waals surface area contributed by atoms with Gasteiger partial charge in [-0.15, -0.1) is 0 Å². The fraction of sp³-hybridized carbons (Fsp3) is 0.308. The number of hydrogen-bond donors (Lipinski definition) is 1. The zero-order valence-corrected chi connectivity index (χ0v) is 9.86. The smallest absolute Gasteiger partial charge is 0.332 e. The summed E-state index contributed by atoms with van der Waals surface area (Å²) in [6.07, 6.45) is 2.95. The Hall–Kier alpha value is -1.77. The van der Waals surface area contributed by atoms with Crippen LogP contribution in [-0.2, 0) is 9.53 Å². The van der Waals surface area contributed by atoms with E-state index in [4.69, 9.17) is 4.74 Å². The molecule has 0 saturated heterocycles. The van der Waals surface area contributed by atoms with Gasteiger partial charge in [-0.2, -0.15) is 0 Å². The lowest BCUT2D eigenvalue weighted by Crippen LogP contribution is -2.22. The first-order valence-corrected chi connectivity index (χ1v) is 5.18. The summed E-state index contributed by atoms with van der Waals surface area (Å²) in [5.41, 5.74) is 0.482. The highest BCUT2D eigenvalue weighted by Crippen LogP contribution is 2.08. The van der Waals surface area contributed by atoms with Crippen molar-refractivity contribution in [2.24, 2.45) is 0 Å². The highest BCUT2D eigenvalue weighted by Gasteiger charge is 2.13. The summed E-state index contributed by atoms with van der Waals surface area (Å²) in [7, 11) is 0. The largest absolute Gasteiger partial charge is 0.457 e. The zero-order chi connectivity index (χ0) is 12.0. The number of benzene rings is 1. The minimum Gasteiger partial charge on any atom is -0.457 e. The van der Waals surface area contributed by atoms with Gasteiger partial charge >= 0.3 is 5.97 Å². The number of rotatable bonds is 3. The van der Waals surface area contributed by atoms with Crippen molar-refractivity contribution >= 4 is 11.7 Å². The van der Waals surface area contributed by atoms with Gasteiger partial charge in [-0.1, -0.05) is 18.2 Å². The lowest BCUT2D eigenvalue weighted by molar-refractivity contribution is -0.148. The Morgan fingerprint density at radius 2 is 1.88 bits per heavy atom. The average Bonchev–Trinajstić information content (AvgIpc) is 2.16. The molecule has 0 unspecified atom stereocenters. The number of ether oxygens (including phenoxy) is 1. The molecule has 0 saturated carbocycles. The summed E-state index contributed by atoms with van der Waals surface area (Å²) < 4.78 is 5.11. The van der Waals surface area contributed by atoms with E-state index in [0.717, 1.165) is 5.69 Å². The van der Waals surface area contributed by atoms with Crippen LogP contribution in [0.3, 0.4) is 0 Å². The Balaban J connectivity index is 2.41. The number of anilines is 1. The van der Waals surface area contributed by atoms with Crippen LogP contribution in [0.5, 0.6) is 0 Å². The molecule has 0 aliphatic rings. The molecule has 1 aromatic carbocycles. The van der Waals surface area contributed by atoms with Crippen molar-refractivity contribution in [1.82, 2.24) is 0 Å². The van der Waals surface area contributed by atoms with Gasteiger partial charge in [-0.3, -0.25) is 0 Å². The van der Waals surface area contributed by atoms with Gasteiger partial charge < -0.3 is 10.1 Å². The van der Waals surface area contributed by atoms with Gasteiger partial charge in [0.05, 0.1) is 0 Å². The molecule has 0 aliphatic heterocycles. The fourth-order valence-corrected chi connectivity index (χ4v) is 1.08. The first-order valence-electron chi connectivity index (χ1n) is 5.18. The maximum Gasteiger partial charge on any atom is 0.332 e. The maximum atomic E-state index is 11.3. The predicted molar refractivity (Wildman–Crippen MR) is 65.0 cm³/mol. The number of esters is 1. The van der Waals surface area contributed by atoms with Crippen LogP contribution in [-0.4, -0.2) is 11.6 Å². The number of nitrogens with one attached hydrogen (secondary N) is 1. The highest BCUT2D eigenvalue weighted by atomic mass is 16.6. The van der Waals surface area contributed by atoms with E-state index in [9.17, 15) is 4.79 Å². The molecule has 0 fully saturated rings. The Kier molecular flexibility index (Phi) is 4.11. The van der Waals surface area contributed by atoms with E-state index < -0.39 is 5.60 Å². The highest BCUT2D eigenvalue weighted by molar-refractivity contribution is 5.82. The second kappa shape index (κ2) is 5.35. The van der Waals surface area contributed by atoms with Crippen LogP contribution in [0.25, 0.3) is 0 Å². The summed E-state index contributed by atoms with van der Waals surface area (Å²) in [4.78, 5) is 11.3. The third kappa shape index (κ3) is 5.20. The number of para-hydroxylation sites is 1. The van der Waals surface area contributed by atoms with Gasteiger partial charge in [0.15, 0.2) is 0 Å². The van der Waals surface area contributed by atoms with Crippen molar-refractivity contribution in [1.29, 1.82) is 0 Å². The molecule has 0 atom stereocenters. The van der Waals surface area contributed by atoms with Crippen LogP contribution in [0, 0.1) is 0 Å². The molecule has 0 bridgehead atoms. The van der Waals surface area contributed by atoms with Crippen LogP contribution in [0.15, 0.2) is 42.6 Å². The molecule has 1 rings (SSSR count). The van der Waals surface area contributed by atoms with Crippen LogP contribution < -0.4 is 5.32 Å². The third-order valence-electron chi connectivity index (χ3n) is 1.65. The van der Waals surface area contributed by atoms with Gasteiger partial charge in [0.2, 0.25) is 0 Å². The molecular weight excluding hydrogens is 202 g/mol. The van der Waals surface area contributed by atoms with Crippen LogP contribution in [0.4, 0.5) is 5.69 Å². The van der Waals surface area contributed by atoms with Crippen molar-refractivity contribution < 1.29 is 9.53 Å². The molecule has 0 radical (unpaired) electrons. The van der Waals surface area contributed by atoms with Crippen molar-refractivity contribution in [3.8, 4) is 0 Å². The fourth-order valence-electron chi connectivity index (χ4n) is 1.08. The van der Waals surface area contributed by atoms with Crippen LogP contribution in [0.2, 0.25) is 0 Å². The Morgan fingerprint density at radius 3 is 2.44 bits per heavy atom. The van der Waals surface area contributed by atoms with Crippen molar-refractivity contribution in [2.75, 3.05) is 5.32 Å². The molecule has 1 aromatic rings. The minimum atomic E-state index is -0.450. The normalized spacial score (nSPS) is 11.4. The second-order valence-corrected chi connectivity index (χ2v) is 4.38. The van der Waals surface area contributed by atoms with E-state index in [0.29, 0.717) is 0 Å². The maximum absolute atomic E-state index is 11.3. The molecule has 3 heteroatoms. The molecule has 0 spiro atoms. The molecule has 86 valence electrons. The lowest BCUT2D eigenvalue weighted by Gasteiger charge is -2.17. The minimum absolute atomic E-state index is 0.351. The van der Waals surface area contributed by atoms with Gasteiger partial charge in [-0.25, -0.2) is 4.79 Å². The Labute approximate surface area is 96.1 Å². The van der Waals surface area contributed by atoms with E-state index >= 15 is 0 Å². The molecule has 0 aromatic heterocycles. The summed E-state index contributed by atoms with van der Waals surface area (Å²) in [5.74, 6) is -0.351. The molecule has 0 amide bonds. The molecule has 16 heavy (non-hydrogen) atoms. The molecule has 1 N–H and O–H groups in total. The van der Waals surface area contributed by atoms with Gasteiger partial charge in [0.25, 0.3) is 0 Å². The molecule has 0 heterocycles. The monoisotopic (exact) mass is 219 g/mol. The van der Waals surface area contributed by atoms with Gasteiger partial charge in [-0.05, 0) is 32.9 Å². The number of carbonyl (C=O) groups excluding carboxylic acids is 1. The van der Waals surface area contributed by atoms with E-state index in [2.05, 4.69) is 5.32 Å². The topological polar surface area (TPSA) is 38.3 Å². The quantitative estimate of drug-likeness (QED) is 0.627. The van der Waals surface area contributed by atoms with E-state index in [1.165, 1.54) is 6.08 Å². The second-order valence-electron chi connectivity index (χ2n) is 4.38. The van der Waals surface area contributed by atoms with Crippen molar-refractivity contribution in [3.05, 3.63) is 42.6 Å². The molecule has 0 aliphatic carbocycles. The zero-order valence-electron chi connectivity index (χ0n) is 9.86. The SMILES string of the molecule is CC(C)(C)OC(=O)C=CNc1ccccc1. The summed E-state index contributed by atoms with van der Waals surface area (Å²) in [5, 5.41) is 2.98. The van der Waals surface area contributed by atoms with Crippen molar-refractivity contribution in [2.45, 2.75) is 26.4 Å². The predicted octanol–water partition coefficient (Wildman–Crippen LogP) is 2.95. The first-order chi connectivity index (χ1) is 7.47. The summed E-state index contributed by atoms with van der Waals surface area (Å²) in [6, 6.07) is 9.61. The van der Waals surface area contributed by atoms with Gasteiger partial charge in [0.1, 0.15) is 5.60 Å². The Bertz CT molecular complexity index is 363. The summed E-state index contributed by atoms with van der Waals surface area (Å²) in [6.45, 7) is 5.51. The van der Waals surface area contributed by atoms with Crippen LogP contribution in [0.1, 0.15) is 20.8 Å². The average molecular weight is 219 g/mol. The van der Waals surface area contributed by atoms with E-state index in [1.807, 2.05) is 51.1 Å². The van der Waals surface area contributed by atoms with E-state index in [-0.39, 0.29) is 5.97 Å². The summed E-state index contributed by atoms with van der Waals surface area (Å²) >= 11 is 0.